The van der Waals surface area contributed by atoms with E-state index in [0.717, 1.165) is 19.4 Å². The van der Waals surface area contributed by atoms with Crippen molar-refractivity contribution in [3.8, 4) is 0 Å². The fourth-order valence-corrected chi connectivity index (χ4v) is 2.98. The average molecular weight is 327 g/mol. The number of carbonyl (C=O) groups is 1. The Bertz CT molecular complexity index is 448. The van der Waals surface area contributed by atoms with Crippen molar-refractivity contribution in [1.29, 1.82) is 0 Å². The maximum Gasteiger partial charge on any atom is 0.408 e. The average Bonchev–Trinajstić information content (AvgIpc) is 2.95. The summed E-state index contributed by atoms with van der Waals surface area (Å²) in [6.07, 6.45) is 1.36. The molecule has 0 aliphatic heterocycles. The second kappa shape index (κ2) is 7.97. The van der Waals surface area contributed by atoms with Crippen LogP contribution in [-0.2, 0) is 4.74 Å². The van der Waals surface area contributed by atoms with Gasteiger partial charge in [0.2, 0.25) is 0 Å². The Labute approximate surface area is 138 Å². The molecular formula is C17H30N2O2S. The molecule has 0 bridgehead atoms. The maximum atomic E-state index is 12.1. The van der Waals surface area contributed by atoms with E-state index in [1.165, 1.54) is 5.56 Å². The summed E-state index contributed by atoms with van der Waals surface area (Å²) < 4.78 is 5.40. The number of hydrogen-bond donors (Lipinski definition) is 2. The molecule has 1 unspecified atom stereocenters. The van der Waals surface area contributed by atoms with Crippen molar-refractivity contribution in [3.05, 3.63) is 22.4 Å². The number of nitrogens with one attached hydrogen (secondary N) is 2. The van der Waals surface area contributed by atoms with Crippen LogP contribution in [0.5, 0.6) is 0 Å². The fourth-order valence-electron chi connectivity index (χ4n) is 2.23. The Morgan fingerprint density at radius 3 is 2.41 bits per heavy atom. The number of amides is 1. The summed E-state index contributed by atoms with van der Waals surface area (Å²) in [7, 11) is 0. The largest absolute Gasteiger partial charge is 0.444 e. The highest BCUT2D eigenvalue weighted by atomic mass is 32.1. The highest BCUT2D eigenvalue weighted by Crippen LogP contribution is 2.20. The molecule has 126 valence electrons. The van der Waals surface area contributed by atoms with Gasteiger partial charge in [0, 0.05) is 12.6 Å². The summed E-state index contributed by atoms with van der Waals surface area (Å²) in [5, 5.41) is 10.8. The SMILES string of the molecule is CCC(CC)(CNC(C)c1ccsc1)NC(=O)OC(C)(C)C. The molecule has 0 fully saturated rings. The Hall–Kier alpha value is -1.07. The third-order valence-electron chi connectivity index (χ3n) is 3.91. The van der Waals surface area contributed by atoms with Gasteiger partial charge in [0.25, 0.3) is 0 Å². The third kappa shape index (κ3) is 5.97. The zero-order valence-electron chi connectivity index (χ0n) is 14.7. The molecule has 0 saturated carbocycles. The van der Waals surface area contributed by atoms with Gasteiger partial charge in [-0.15, -0.1) is 0 Å². The second-order valence-electron chi connectivity index (χ2n) is 6.77. The first kappa shape index (κ1) is 19.0. The van der Waals surface area contributed by atoms with Gasteiger partial charge in [-0.25, -0.2) is 4.79 Å². The van der Waals surface area contributed by atoms with Crippen molar-refractivity contribution in [2.45, 2.75) is 71.6 Å². The predicted octanol–water partition coefficient (Wildman–Crippen LogP) is 4.48. The summed E-state index contributed by atoms with van der Waals surface area (Å²) in [4.78, 5) is 12.1. The zero-order valence-corrected chi connectivity index (χ0v) is 15.5. The van der Waals surface area contributed by atoms with Crippen LogP contribution < -0.4 is 10.6 Å². The summed E-state index contributed by atoms with van der Waals surface area (Å²) in [6.45, 7) is 12.7. The molecule has 0 spiro atoms. The molecule has 1 rings (SSSR count). The molecule has 1 aromatic rings. The van der Waals surface area contributed by atoms with E-state index < -0.39 is 5.60 Å². The van der Waals surface area contributed by atoms with Crippen molar-refractivity contribution in [2.24, 2.45) is 0 Å². The van der Waals surface area contributed by atoms with E-state index in [9.17, 15) is 4.79 Å². The van der Waals surface area contributed by atoms with E-state index in [1.54, 1.807) is 11.3 Å². The van der Waals surface area contributed by atoms with Crippen LogP contribution in [0.3, 0.4) is 0 Å². The van der Waals surface area contributed by atoms with E-state index in [4.69, 9.17) is 4.74 Å². The molecule has 0 aliphatic carbocycles. The van der Waals surface area contributed by atoms with Gasteiger partial charge in [-0.05, 0) is 62.9 Å². The smallest absolute Gasteiger partial charge is 0.408 e. The zero-order chi connectivity index (χ0) is 16.8. The van der Waals surface area contributed by atoms with Crippen LogP contribution in [0, 0.1) is 0 Å². The van der Waals surface area contributed by atoms with Crippen LogP contribution in [0.2, 0.25) is 0 Å². The molecule has 0 aliphatic rings. The first-order chi connectivity index (χ1) is 10.2. The van der Waals surface area contributed by atoms with E-state index in [0.29, 0.717) is 0 Å². The molecule has 0 saturated heterocycles. The minimum atomic E-state index is -0.477. The molecule has 2 N–H and O–H groups in total. The van der Waals surface area contributed by atoms with Crippen LogP contribution in [0.1, 0.15) is 66.0 Å². The Kier molecular flexibility index (Phi) is 6.88. The number of rotatable bonds is 7. The van der Waals surface area contributed by atoms with E-state index in [1.807, 2.05) is 20.8 Å². The molecule has 4 nitrogen and oxygen atoms in total. The van der Waals surface area contributed by atoms with Gasteiger partial charge in [-0.2, -0.15) is 11.3 Å². The molecule has 0 radical (unpaired) electrons. The van der Waals surface area contributed by atoms with Crippen molar-refractivity contribution in [2.75, 3.05) is 6.54 Å². The summed E-state index contributed by atoms with van der Waals surface area (Å²) in [5.41, 5.74) is 0.518. The predicted molar refractivity (Wildman–Crippen MR) is 93.4 cm³/mol. The van der Waals surface area contributed by atoms with Gasteiger partial charge in [0.15, 0.2) is 0 Å². The van der Waals surface area contributed by atoms with Crippen molar-refractivity contribution in [1.82, 2.24) is 10.6 Å². The lowest BCUT2D eigenvalue weighted by Gasteiger charge is -2.35. The normalized spacial score (nSPS) is 13.7. The topological polar surface area (TPSA) is 50.4 Å². The number of alkyl carbamates (subject to hydrolysis) is 1. The Morgan fingerprint density at radius 1 is 1.32 bits per heavy atom. The first-order valence-corrected chi connectivity index (χ1v) is 8.92. The third-order valence-corrected chi connectivity index (χ3v) is 4.61. The Morgan fingerprint density at radius 2 is 1.95 bits per heavy atom. The lowest BCUT2D eigenvalue weighted by atomic mass is 9.92. The second-order valence-corrected chi connectivity index (χ2v) is 7.55. The van der Waals surface area contributed by atoms with Gasteiger partial charge in [-0.3, -0.25) is 0 Å². The van der Waals surface area contributed by atoms with Crippen molar-refractivity contribution in [3.63, 3.8) is 0 Å². The van der Waals surface area contributed by atoms with E-state index in [-0.39, 0.29) is 17.7 Å². The van der Waals surface area contributed by atoms with Gasteiger partial charge in [0.05, 0.1) is 5.54 Å². The highest BCUT2D eigenvalue weighted by Gasteiger charge is 2.30. The van der Waals surface area contributed by atoms with Crippen molar-refractivity contribution < 1.29 is 9.53 Å². The van der Waals surface area contributed by atoms with Crippen molar-refractivity contribution >= 4 is 17.4 Å². The molecule has 0 aromatic carbocycles. The number of carbonyl (C=O) groups excluding carboxylic acids is 1. The summed E-state index contributed by atoms with van der Waals surface area (Å²) in [6, 6.07) is 2.40. The number of hydrogen-bond acceptors (Lipinski definition) is 4. The maximum absolute atomic E-state index is 12.1. The molecular weight excluding hydrogens is 296 g/mol. The molecule has 1 atom stereocenters. The van der Waals surface area contributed by atoms with E-state index >= 15 is 0 Å². The minimum Gasteiger partial charge on any atom is -0.444 e. The van der Waals surface area contributed by atoms with Gasteiger partial charge in [0.1, 0.15) is 5.60 Å². The standard InChI is InChI=1S/C17H30N2O2S/c1-7-17(8-2,19-15(20)21-16(4,5)6)12-18-13(3)14-9-10-22-11-14/h9-11,13,18H,7-8,12H2,1-6H3,(H,19,20). The summed E-state index contributed by atoms with van der Waals surface area (Å²) >= 11 is 1.70. The molecule has 22 heavy (non-hydrogen) atoms. The minimum absolute atomic E-state index is 0.268. The lowest BCUT2D eigenvalue weighted by molar-refractivity contribution is 0.0444. The molecule has 1 heterocycles. The monoisotopic (exact) mass is 326 g/mol. The summed E-state index contributed by atoms with van der Waals surface area (Å²) in [5.74, 6) is 0. The van der Waals surface area contributed by atoms with Gasteiger partial charge < -0.3 is 15.4 Å². The molecule has 5 heteroatoms. The number of ether oxygens (including phenoxy) is 1. The Balaban J connectivity index is 2.64. The van der Waals surface area contributed by atoms with Crippen LogP contribution in [0.15, 0.2) is 16.8 Å². The van der Waals surface area contributed by atoms with Crippen LogP contribution in [-0.4, -0.2) is 23.8 Å². The van der Waals surface area contributed by atoms with Crippen LogP contribution >= 0.6 is 11.3 Å². The van der Waals surface area contributed by atoms with Gasteiger partial charge >= 0.3 is 6.09 Å². The van der Waals surface area contributed by atoms with Gasteiger partial charge in [-0.1, -0.05) is 13.8 Å². The number of thiophene rings is 1. The molecule has 1 aromatic heterocycles. The first-order valence-electron chi connectivity index (χ1n) is 7.98. The van der Waals surface area contributed by atoms with Crippen LogP contribution in [0.25, 0.3) is 0 Å². The lowest BCUT2D eigenvalue weighted by Crippen LogP contribution is -2.55. The van der Waals surface area contributed by atoms with Crippen LogP contribution in [0.4, 0.5) is 4.79 Å². The van der Waals surface area contributed by atoms with E-state index in [2.05, 4.69) is 48.2 Å². The molecule has 1 amide bonds. The fraction of sp³-hybridized carbons (Fsp3) is 0.706. The highest BCUT2D eigenvalue weighted by molar-refractivity contribution is 7.07. The quantitative estimate of drug-likeness (QED) is 0.776.